The van der Waals surface area contributed by atoms with Gasteiger partial charge in [0.05, 0.1) is 20.2 Å². The van der Waals surface area contributed by atoms with E-state index in [1.54, 1.807) is 4.90 Å². The van der Waals surface area contributed by atoms with Gasteiger partial charge >= 0.3 is 0 Å². The summed E-state index contributed by atoms with van der Waals surface area (Å²) < 4.78 is 1.15. The number of amides is 2. The van der Waals surface area contributed by atoms with Gasteiger partial charge in [-0.1, -0.05) is 49.5 Å². The van der Waals surface area contributed by atoms with Crippen LogP contribution in [0, 0.1) is 3.57 Å². The van der Waals surface area contributed by atoms with E-state index in [1.165, 1.54) is 11.1 Å². The number of nitrogens with two attached hydrogens (primary N) is 1. The van der Waals surface area contributed by atoms with E-state index in [2.05, 4.69) is 59.2 Å². The number of carbonyl (C=O) groups excluding carboxylic acids is 2. The standard InChI is InChI=1S/C25H32IN3O2Si/c1-32(2)15-23(24(30)28-22-9-5-7-18-6-3-4-8-20(18)22)29(16-32)25(31)21(27)14-17-10-12-19(26)13-11-17/h3-4,6,8,10-13,21-23H,5,7,9,14-16,27H2,1-2H3,(H,28,30)/t21-,22?,23-/m0/s1. The van der Waals surface area contributed by atoms with E-state index in [9.17, 15) is 9.59 Å². The van der Waals surface area contributed by atoms with Gasteiger partial charge in [-0.3, -0.25) is 9.59 Å². The molecule has 2 aliphatic rings. The van der Waals surface area contributed by atoms with Crippen molar-refractivity contribution in [1.29, 1.82) is 0 Å². The molecule has 3 N–H and O–H groups in total. The lowest BCUT2D eigenvalue weighted by molar-refractivity contribution is -0.139. The molecule has 1 aliphatic heterocycles. The fourth-order valence-corrected chi connectivity index (χ4v) is 8.32. The van der Waals surface area contributed by atoms with Crippen LogP contribution in [-0.4, -0.2) is 43.0 Å². The molecule has 2 amide bonds. The lowest BCUT2D eigenvalue weighted by Gasteiger charge is -2.31. The summed E-state index contributed by atoms with van der Waals surface area (Å²) >= 11 is 2.26. The maximum absolute atomic E-state index is 13.4. The summed E-state index contributed by atoms with van der Waals surface area (Å²) in [7, 11) is -1.69. The van der Waals surface area contributed by atoms with Crippen molar-refractivity contribution < 1.29 is 9.59 Å². The zero-order chi connectivity index (χ0) is 22.9. The van der Waals surface area contributed by atoms with Crippen LogP contribution in [0.25, 0.3) is 0 Å². The molecule has 1 aliphatic carbocycles. The van der Waals surface area contributed by atoms with Crippen LogP contribution < -0.4 is 11.1 Å². The number of nitrogens with zero attached hydrogens (tertiary/aromatic N) is 1. The fourth-order valence-electron chi connectivity index (χ4n) is 5.08. The minimum Gasteiger partial charge on any atom is -0.348 e. The molecule has 170 valence electrons. The van der Waals surface area contributed by atoms with Gasteiger partial charge in [0.2, 0.25) is 11.8 Å². The number of hydrogen-bond donors (Lipinski definition) is 2. The molecule has 0 bridgehead atoms. The first-order valence-electron chi connectivity index (χ1n) is 11.4. The molecule has 0 radical (unpaired) electrons. The Morgan fingerprint density at radius 3 is 2.66 bits per heavy atom. The van der Waals surface area contributed by atoms with Crippen LogP contribution in [0.1, 0.15) is 35.6 Å². The van der Waals surface area contributed by atoms with Gasteiger partial charge in [-0.05, 0) is 83.1 Å². The zero-order valence-corrected chi connectivity index (χ0v) is 22.0. The van der Waals surface area contributed by atoms with Gasteiger partial charge in [-0.25, -0.2) is 0 Å². The molecule has 3 atom stereocenters. The second-order valence-corrected chi connectivity index (χ2v) is 16.2. The van der Waals surface area contributed by atoms with Gasteiger partial charge in [0.1, 0.15) is 6.04 Å². The maximum atomic E-state index is 13.4. The highest BCUT2D eigenvalue weighted by Gasteiger charge is 2.46. The molecular weight excluding hydrogens is 529 g/mol. The van der Waals surface area contributed by atoms with E-state index in [1.807, 2.05) is 30.3 Å². The number of halogens is 1. The second kappa shape index (κ2) is 9.65. The number of fused-ring (bicyclic) bond motifs is 1. The summed E-state index contributed by atoms with van der Waals surface area (Å²) in [6.07, 6.45) is 4.24. The zero-order valence-electron chi connectivity index (χ0n) is 18.8. The van der Waals surface area contributed by atoms with Crippen molar-refractivity contribution in [3.63, 3.8) is 0 Å². The molecule has 32 heavy (non-hydrogen) atoms. The molecule has 1 fully saturated rings. The van der Waals surface area contributed by atoms with Gasteiger partial charge in [0.15, 0.2) is 0 Å². The van der Waals surface area contributed by atoms with Crippen molar-refractivity contribution in [3.8, 4) is 0 Å². The summed E-state index contributed by atoms with van der Waals surface area (Å²) in [6.45, 7) is 4.50. The topological polar surface area (TPSA) is 75.4 Å². The Morgan fingerprint density at radius 2 is 1.91 bits per heavy atom. The highest BCUT2D eigenvalue weighted by molar-refractivity contribution is 14.1. The van der Waals surface area contributed by atoms with E-state index in [4.69, 9.17) is 5.73 Å². The first kappa shape index (κ1) is 23.4. The van der Waals surface area contributed by atoms with Crippen molar-refractivity contribution in [2.45, 2.75) is 62.9 Å². The number of nitrogens with one attached hydrogen (secondary N) is 1. The fraction of sp³-hybridized carbons (Fsp3) is 0.440. The molecule has 2 aromatic carbocycles. The molecule has 0 saturated carbocycles. The molecule has 1 saturated heterocycles. The maximum Gasteiger partial charge on any atom is 0.242 e. The molecule has 0 aromatic heterocycles. The van der Waals surface area contributed by atoms with Crippen molar-refractivity contribution in [1.82, 2.24) is 10.2 Å². The third-order valence-corrected chi connectivity index (χ3v) is 10.1. The van der Waals surface area contributed by atoms with Crippen LogP contribution in [0.15, 0.2) is 48.5 Å². The minimum absolute atomic E-state index is 0.0234. The van der Waals surface area contributed by atoms with E-state index in [0.29, 0.717) is 12.6 Å². The Kier molecular flexibility index (Phi) is 7.07. The van der Waals surface area contributed by atoms with E-state index >= 15 is 0 Å². The van der Waals surface area contributed by atoms with Gasteiger partial charge in [-0.15, -0.1) is 0 Å². The van der Waals surface area contributed by atoms with Gasteiger partial charge in [0, 0.05) is 9.74 Å². The van der Waals surface area contributed by atoms with E-state index < -0.39 is 20.2 Å². The van der Waals surface area contributed by atoms with Gasteiger partial charge in [-0.2, -0.15) is 0 Å². The van der Waals surface area contributed by atoms with Gasteiger partial charge < -0.3 is 16.0 Å². The average molecular weight is 562 g/mol. The molecule has 4 rings (SSSR count). The molecule has 5 nitrogen and oxygen atoms in total. The van der Waals surface area contributed by atoms with Crippen LogP contribution in [0.2, 0.25) is 19.1 Å². The Balaban J connectivity index is 1.47. The van der Waals surface area contributed by atoms with Gasteiger partial charge in [0.25, 0.3) is 0 Å². The first-order valence-corrected chi connectivity index (χ1v) is 15.9. The minimum atomic E-state index is -1.69. The normalized spacial score (nSPS) is 22.8. The molecule has 1 unspecified atom stereocenters. The summed E-state index contributed by atoms with van der Waals surface area (Å²) in [6, 6.07) is 16.2. The van der Waals surface area contributed by atoms with Crippen LogP contribution in [0.5, 0.6) is 0 Å². The first-order chi connectivity index (χ1) is 15.2. The summed E-state index contributed by atoms with van der Waals surface area (Å²) in [4.78, 5) is 28.6. The van der Waals surface area contributed by atoms with E-state index in [-0.39, 0.29) is 17.9 Å². The molecule has 1 heterocycles. The smallest absolute Gasteiger partial charge is 0.242 e. The predicted octanol–water partition coefficient (Wildman–Crippen LogP) is 3.81. The number of hydrogen-bond acceptors (Lipinski definition) is 3. The molecule has 0 spiro atoms. The Bertz CT molecular complexity index is 995. The number of aryl methyl sites for hydroxylation is 1. The molecule has 2 aromatic rings. The lowest BCUT2D eigenvalue weighted by atomic mass is 9.87. The highest BCUT2D eigenvalue weighted by Crippen LogP contribution is 2.32. The number of benzene rings is 2. The SMILES string of the molecule is C[Si]1(C)C[C@@H](C(=O)NC2CCCc3ccccc32)N(C(=O)[C@@H](N)Cc2ccc(I)cc2)C1. The quantitative estimate of drug-likeness (QED) is 0.431. The van der Waals surface area contributed by atoms with Crippen LogP contribution in [0.4, 0.5) is 0 Å². The number of rotatable bonds is 5. The van der Waals surface area contributed by atoms with Crippen molar-refractivity contribution in [3.05, 3.63) is 68.8 Å². The largest absolute Gasteiger partial charge is 0.348 e. The van der Waals surface area contributed by atoms with Crippen LogP contribution >= 0.6 is 22.6 Å². The van der Waals surface area contributed by atoms with Crippen LogP contribution in [0.3, 0.4) is 0 Å². The number of carbonyl (C=O) groups is 2. The van der Waals surface area contributed by atoms with E-state index in [0.717, 1.165) is 34.4 Å². The Labute approximate surface area is 205 Å². The van der Waals surface area contributed by atoms with Crippen molar-refractivity contribution >= 4 is 42.5 Å². The monoisotopic (exact) mass is 561 g/mol. The molecule has 7 heteroatoms. The third kappa shape index (κ3) is 5.26. The summed E-state index contributed by atoms with van der Waals surface area (Å²) in [5.41, 5.74) is 9.93. The summed E-state index contributed by atoms with van der Waals surface area (Å²) in [5, 5.41) is 3.28. The molecular formula is C25H32IN3O2Si. The second-order valence-electron chi connectivity index (χ2n) is 9.94. The van der Waals surface area contributed by atoms with Crippen LogP contribution in [-0.2, 0) is 22.4 Å². The van der Waals surface area contributed by atoms with Crippen molar-refractivity contribution in [2.75, 3.05) is 6.17 Å². The highest BCUT2D eigenvalue weighted by atomic mass is 127. The summed E-state index contributed by atoms with van der Waals surface area (Å²) in [5.74, 6) is -0.134. The predicted molar refractivity (Wildman–Crippen MR) is 139 cm³/mol. The Hall–Kier alpha value is -1.71. The Morgan fingerprint density at radius 1 is 1.19 bits per heavy atom. The lowest BCUT2D eigenvalue weighted by Crippen LogP contribution is -2.52. The van der Waals surface area contributed by atoms with Crippen molar-refractivity contribution in [2.24, 2.45) is 5.73 Å². The average Bonchev–Trinajstić information content (AvgIpc) is 3.10. The third-order valence-electron chi connectivity index (χ3n) is 6.68.